The smallest absolute Gasteiger partial charge is 0.234 e. The highest BCUT2D eigenvalue weighted by atomic mass is 32.2. The van der Waals surface area contributed by atoms with E-state index in [1.807, 2.05) is 24.3 Å². The quantitative estimate of drug-likeness (QED) is 0.479. The Labute approximate surface area is 177 Å². The molecule has 0 aliphatic carbocycles. The summed E-state index contributed by atoms with van der Waals surface area (Å²) in [5.41, 5.74) is 6.44. The third-order valence-corrected chi connectivity index (χ3v) is 5.64. The van der Waals surface area contributed by atoms with E-state index in [2.05, 4.69) is 66.6 Å². The van der Waals surface area contributed by atoms with Crippen molar-refractivity contribution in [3.05, 3.63) is 71.3 Å². The number of carbonyl (C=O) groups is 1. The number of aromatic nitrogens is 2. The molecule has 0 saturated heterocycles. The van der Waals surface area contributed by atoms with E-state index < -0.39 is 0 Å². The lowest BCUT2D eigenvalue weighted by Crippen LogP contribution is -2.14. The number of carbonyl (C=O) groups excluding carboxylic acids is 1. The van der Waals surface area contributed by atoms with Crippen molar-refractivity contribution in [1.29, 1.82) is 0 Å². The predicted molar refractivity (Wildman–Crippen MR) is 121 cm³/mol. The van der Waals surface area contributed by atoms with E-state index >= 15 is 0 Å². The lowest BCUT2D eigenvalue weighted by atomic mass is 10.0. The van der Waals surface area contributed by atoms with Crippen LogP contribution in [-0.4, -0.2) is 21.9 Å². The number of nitrogens with zero attached hydrogens (tertiary/aromatic N) is 2. The van der Waals surface area contributed by atoms with E-state index in [-0.39, 0.29) is 5.91 Å². The second-order valence-corrected chi connectivity index (χ2v) is 8.21. The van der Waals surface area contributed by atoms with E-state index in [0.717, 1.165) is 28.4 Å². The van der Waals surface area contributed by atoms with Crippen LogP contribution in [0, 0.1) is 13.8 Å². The first kappa shape index (κ1) is 21.1. The Hall–Kier alpha value is -2.66. The number of hydrogen-bond donors (Lipinski definition) is 1. The molecule has 0 fully saturated rings. The highest BCUT2D eigenvalue weighted by molar-refractivity contribution is 7.99. The van der Waals surface area contributed by atoms with Crippen molar-refractivity contribution in [3.8, 4) is 11.3 Å². The van der Waals surface area contributed by atoms with Crippen LogP contribution in [0.25, 0.3) is 11.3 Å². The molecule has 0 aliphatic heterocycles. The summed E-state index contributed by atoms with van der Waals surface area (Å²) in [5.74, 6) is 0.256. The van der Waals surface area contributed by atoms with Gasteiger partial charge in [0.2, 0.25) is 5.91 Å². The Bertz CT molecular complexity index is 953. The van der Waals surface area contributed by atoms with Crippen LogP contribution in [0.4, 0.5) is 5.69 Å². The summed E-state index contributed by atoms with van der Waals surface area (Å²) in [6.07, 6.45) is 3.45. The van der Waals surface area contributed by atoms with E-state index in [9.17, 15) is 4.79 Å². The molecule has 1 aromatic heterocycles. The molecule has 3 rings (SSSR count). The van der Waals surface area contributed by atoms with E-state index in [1.165, 1.54) is 41.3 Å². The SMILES string of the molecule is CCCCc1ccc(NC(=O)CSc2ccc(-c3cc(C)ccc3C)nn2)cc1. The minimum absolute atomic E-state index is 0.0447. The molecule has 4 nitrogen and oxygen atoms in total. The number of rotatable bonds is 8. The van der Waals surface area contributed by atoms with Gasteiger partial charge < -0.3 is 5.32 Å². The van der Waals surface area contributed by atoms with Crippen LogP contribution >= 0.6 is 11.8 Å². The summed E-state index contributed by atoms with van der Waals surface area (Å²) in [5, 5.41) is 12.3. The maximum atomic E-state index is 12.2. The molecule has 150 valence electrons. The molecule has 0 unspecified atom stereocenters. The molecule has 3 aromatic rings. The monoisotopic (exact) mass is 405 g/mol. The van der Waals surface area contributed by atoms with Crippen molar-refractivity contribution in [2.75, 3.05) is 11.1 Å². The average molecular weight is 406 g/mol. The minimum Gasteiger partial charge on any atom is -0.325 e. The van der Waals surface area contributed by atoms with Gasteiger partial charge in [-0.05, 0) is 68.1 Å². The number of unbranched alkanes of at least 4 members (excludes halogenated alkanes) is 1. The molecule has 0 atom stereocenters. The average Bonchev–Trinajstić information content (AvgIpc) is 2.74. The predicted octanol–water partition coefficient (Wildman–Crippen LogP) is 5.83. The molecular formula is C24H27N3OS. The van der Waals surface area contributed by atoms with Gasteiger partial charge in [0.1, 0.15) is 5.03 Å². The lowest BCUT2D eigenvalue weighted by Gasteiger charge is -2.08. The standard InChI is InChI=1S/C24H27N3OS/c1-4-5-6-19-9-11-20(12-10-19)25-23(28)16-29-24-14-13-22(26-27-24)21-15-17(2)7-8-18(21)3/h7-15H,4-6,16H2,1-3H3,(H,25,28). The molecule has 0 saturated carbocycles. The van der Waals surface area contributed by atoms with Crippen LogP contribution in [0.1, 0.15) is 36.5 Å². The summed E-state index contributed by atoms with van der Waals surface area (Å²) in [7, 11) is 0. The maximum absolute atomic E-state index is 12.2. The zero-order valence-corrected chi connectivity index (χ0v) is 18.1. The highest BCUT2D eigenvalue weighted by Gasteiger charge is 2.08. The number of benzene rings is 2. The van der Waals surface area contributed by atoms with Gasteiger partial charge in [-0.15, -0.1) is 10.2 Å². The second-order valence-electron chi connectivity index (χ2n) is 7.21. The van der Waals surface area contributed by atoms with Crippen molar-refractivity contribution >= 4 is 23.4 Å². The van der Waals surface area contributed by atoms with E-state index in [4.69, 9.17) is 0 Å². The Kier molecular flexibility index (Phi) is 7.42. The van der Waals surface area contributed by atoms with Crippen LogP contribution in [-0.2, 0) is 11.2 Å². The van der Waals surface area contributed by atoms with Gasteiger partial charge in [-0.1, -0.05) is 54.9 Å². The molecular weight excluding hydrogens is 378 g/mol. The Morgan fingerprint density at radius 2 is 1.79 bits per heavy atom. The van der Waals surface area contributed by atoms with Crippen LogP contribution < -0.4 is 5.32 Å². The Balaban J connectivity index is 1.53. The fourth-order valence-corrected chi connectivity index (χ4v) is 3.64. The number of amides is 1. The number of thioether (sulfide) groups is 1. The molecule has 0 bridgehead atoms. The molecule has 1 N–H and O–H groups in total. The Morgan fingerprint density at radius 3 is 2.48 bits per heavy atom. The first-order valence-electron chi connectivity index (χ1n) is 9.98. The maximum Gasteiger partial charge on any atom is 0.234 e. The van der Waals surface area contributed by atoms with E-state index in [1.54, 1.807) is 0 Å². The second kappa shape index (κ2) is 10.2. The van der Waals surface area contributed by atoms with Gasteiger partial charge in [-0.25, -0.2) is 0 Å². The lowest BCUT2D eigenvalue weighted by molar-refractivity contribution is -0.113. The van der Waals surface area contributed by atoms with Crippen LogP contribution in [0.5, 0.6) is 0 Å². The molecule has 29 heavy (non-hydrogen) atoms. The third-order valence-electron chi connectivity index (χ3n) is 4.72. The molecule has 5 heteroatoms. The summed E-state index contributed by atoms with van der Waals surface area (Å²) in [6, 6.07) is 18.3. The van der Waals surface area contributed by atoms with Gasteiger partial charge in [-0.2, -0.15) is 0 Å². The summed E-state index contributed by atoms with van der Waals surface area (Å²) < 4.78 is 0. The van der Waals surface area contributed by atoms with Crippen molar-refractivity contribution in [2.45, 2.75) is 45.1 Å². The van der Waals surface area contributed by atoms with Crippen molar-refractivity contribution in [2.24, 2.45) is 0 Å². The molecule has 1 amide bonds. The first-order chi connectivity index (χ1) is 14.0. The van der Waals surface area contributed by atoms with Gasteiger partial charge in [0.15, 0.2) is 0 Å². The van der Waals surface area contributed by atoms with Gasteiger partial charge in [0, 0.05) is 11.3 Å². The van der Waals surface area contributed by atoms with Gasteiger partial charge in [0.05, 0.1) is 11.4 Å². The molecule has 0 aliphatic rings. The van der Waals surface area contributed by atoms with Gasteiger partial charge in [0.25, 0.3) is 0 Å². The van der Waals surface area contributed by atoms with Gasteiger partial charge in [-0.3, -0.25) is 4.79 Å². The summed E-state index contributed by atoms with van der Waals surface area (Å²) in [4.78, 5) is 12.2. The minimum atomic E-state index is -0.0447. The number of nitrogens with one attached hydrogen (secondary N) is 1. The van der Waals surface area contributed by atoms with E-state index in [0.29, 0.717) is 5.75 Å². The first-order valence-corrected chi connectivity index (χ1v) is 11.0. The Morgan fingerprint density at radius 1 is 1.00 bits per heavy atom. The van der Waals surface area contributed by atoms with Crippen molar-refractivity contribution in [1.82, 2.24) is 10.2 Å². The number of hydrogen-bond acceptors (Lipinski definition) is 4. The molecule has 0 spiro atoms. The summed E-state index contributed by atoms with van der Waals surface area (Å²) >= 11 is 1.39. The van der Waals surface area contributed by atoms with Gasteiger partial charge >= 0.3 is 0 Å². The van der Waals surface area contributed by atoms with Crippen molar-refractivity contribution in [3.63, 3.8) is 0 Å². The van der Waals surface area contributed by atoms with Crippen molar-refractivity contribution < 1.29 is 4.79 Å². The van der Waals surface area contributed by atoms with Crippen LogP contribution in [0.3, 0.4) is 0 Å². The molecule has 0 radical (unpaired) electrons. The number of aryl methyl sites for hydroxylation is 3. The zero-order valence-electron chi connectivity index (χ0n) is 17.2. The third kappa shape index (κ3) is 6.16. The largest absolute Gasteiger partial charge is 0.325 e. The van der Waals surface area contributed by atoms with Crippen LogP contribution in [0.15, 0.2) is 59.6 Å². The fraction of sp³-hybridized carbons (Fsp3) is 0.292. The number of anilines is 1. The molecule has 2 aromatic carbocycles. The van der Waals surface area contributed by atoms with Crippen LogP contribution in [0.2, 0.25) is 0 Å². The zero-order chi connectivity index (χ0) is 20.6. The normalized spacial score (nSPS) is 10.7. The topological polar surface area (TPSA) is 54.9 Å². The fourth-order valence-electron chi connectivity index (χ4n) is 3.02. The summed E-state index contributed by atoms with van der Waals surface area (Å²) in [6.45, 7) is 6.32. The molecule has 1 heterocycles. The highest BCUT2D eigenvalue weighted by Crippen LogP contribution is 2.24.